The molecule has 302 valence electrons. The van der Waals surface area contributed by atoms with E-state index in [2.05, 4.69) is 212 Å². The third-order valence-electron chi connectivity index (χ3n) is 13.1. The molecule has 2 heterocycles. The smallest absolute Gasteiger partial charge is 0.160 e. The van der Waals surface area contributed by atoms with Gasteiger partial charge in [-0.15, -0.1) is 11.3 Å². The molecule has 2 nitrogen and oxygen atoms in total. The van der Waals surface area contributed by atoms with Crippen LogP contribution in [0.25, 0.3) is 131 Å². The molecule has 0 saturated heterocycles. The highest BCUT2D eigenvalue weighted by Crippen LogP contribution is 2.47. The number of fused-ring (bicyclic) bond motifs is 8. The van der Waals surface area contributed by atoms with E-state index >= 15 is 0 Å². The van der Waals surface area contributed by atoms with E-state index in [1.165, 1.54) is 91.1 Å². The molecule has 0 aliphatic rings. The Morgan fingerprint density at radius 3 is 1.55 bits per heavy atom. The quantitative estimate of drug-likeness (QED) is 0.123. The summed E-state index contributed by atoms with van der Waals surface area (Å²) in [5.74, 6) is 0.717. The van der Waals surface area contributed by atoms with Gasteiger partial charge < -0.3 is 0 Å². The Labute approximate surface area is 380 Å². The number of rotatable bonds is 6. The minimum absolute atomic E-state index is 0.717. The van der Waals surface area contributed by atoms with Crippen LogP contribution in [0.1, 0.15) is 0 Å². The van der Waals surface area contributed by atoms with Gasteiger partial charge in [-0.1, -0.05) is 200 Å². The summed E-state index contributed by atoms with van der Waals surface area (Å²) in [5, 5.41) is 12.6. The highest BCUT2D eigenvalue weighted by Gasteiger charge is 2.19. The molecule has 0 aliphatic heterocycles. The van der Waals surface area contributed by atoms with Gasteiger partial charge in [-0.2, -0.15) is 0 Å². The molecule has 0 fully saturated rings. The summed E-state index contributed by atoms with van der Waals surface area (Å²) in [5.41, 5.74) is 12.3. The lowest BCUT2D eigenvalue weighted by Gasteiger charge is -2.19. The molecule has 65 heavy (non-hydrogen) atoms. The molecule has 0 N–H and O–H groups in total. The van der Waals surface area contributed by atoms with Crippen molar-refractivity contribution in [3.05, 3.63) is 231 Å². The molecule has 0 bridgehead atoms. The van der Waals surface area contributed by atoms with Crippen molar-refractivity contribution in [1.29, 1.82) is 0 Å². The fraction of sp³-hybridized carbons (Fsp3) is 0. The van der Waals surface area contributed by atoms with Crippen molar-refractivity contribution in [2.75, 3.05) is 0 Å². The number of aromatic nitrogens is 2. The van der Waals surface area contributed by atoms with Crippen molar-refractivity contribution in [2.24, 2.45) is 0 Å². The maximum Gasteiger partial charge on any atom is 0.160 e. The first-order chi connectivity index (χ1) is 32.2. The van der Waals surface area contributed by atoms with Gasteiger partial charge in [0.2, 0.25) is 0 Å². The largest absolute Gasteiger partial charge is 0.228 e. The van der Waals surface area contributed by atoms with Crippen molar-refractivity contribution in [2.45, 2.75) is 0 Å². The monoisotopic (exact) mass is 842 g/mol. The summed E-state index contributed by atoms with van der Waals surface area (Å²) in [6, 6.07) is 83.6. The molecule has 0 atom stereocenters. The van der Waals surface area contributed by atoms with Gasteiger partial charge in [-0.25, -0.2) is 9.97 Å². The van der Waals surface area contributed by atoms with Gasteiger partial charge in [0.25, 0.3) is 0 Å². The minimum Gasteiger partial charge on any atom is -0.228 e. The lowest BCUT2D eigenvalue weighted by atomic mass is 9.83. The Hall–Kier alpha value is -8.24. The van der Waals surface area contributed by atoms with Crippen LogP contribution in [-0.2, 0) is 0 Å². The van der Waals surface area contributed by atoms with Crippen LogP contribution >= 0.6 is 11.3 Å². The molecule has 3 heteroatoms. The second-order valence-corrected chi connectivity index (χ2v) is 17.9. The summed E-state index contributed by atoms with van der Waals surface area (Å²) >= 11 is 1.83. The predicted octanol–water partition coefficient (Wildman–Crippen LogP) is 17.5. The Bertz CT molecular complexity index is 3980. The van der Waals surface area contributed by atoms with E-state index in [-0.39, 0.29) is 0 Å². The normalized spacial score (nSPS) is 11.7. The molecular weight excluding hydrogens is 805 g/mol. The molecule has 11 aromatic carbocycles. The summed E-state index contributed by atoms with van der Waals surface area (Å²) in [6.45, 7) is 0. The van der Waals surface area contributed by atoms with Gasteiger partial charge in [-0.3, -0.25) is 0 Å². The van der Waals surface area contributed by atoms with Crippen molar-refractivity contribution < 1.29 is 0 Å². The lowest BCUT2D eigenvalue weighted by Crippen LogP contribution is -1.95. The zero-order valence-corrected chi connectivity index (χ0v) is 36.1. The Balaban J connectivity index is 0.886. The molecule has 0 radical (unpaired) electrons. The highest BCUT2D eigenvalue weighted by atomic mass is 32.1. The third kappa shape index (κ3) is 6.39. The third-order valence-corrected chi connectivity index (χ3v) is 14.2. The van der Waals surface area contributed by atoms with Gasteiger partial charge in [0.15, 0.2) is 5.82 Å². The molecule has 0 unspecified atom stereocenters. The Morgan fingerprint density at radius 2 is 0.785 bits per heavy atom. The van der Waals surface area contributed by atoms with Gasteiger partial charge in [-0.05, 0) is 107 Å². The standard InChI is InChI=1S/C62H38N2S/c1-3-14-42(15-4-1)59-52-20-9-10-21-53(52)60(61-49-18-8-7-13-40(49)31-34-54(59)61)48-30-29-45-35-44(27-28-46(45)36-48)39-23-25-41(26-24-39)55-38-56(64-62(63-55)43-16-5-2-6-17-43)47-32-33-51-50-19-11-12-22-57(50)65-58(51)37-47/h1-38H. The summed E-state index contributed by atoms with van der Waals surface area (Å²) in [7, 11) is 0. The zero-order chi connectivity index (χ0) is 42.8. The Kier molecular flexibility index (Phi) is 8.75. The van der Waals surface area contributed by atoms with E-state index in [0.717, 1.165) is 33.6 Å². The van der Waals surface area contributed by atoms with Crippen molar-refractivity contribution >= 4 is 74.6 Å². The number of benzene rings is 11. The molecule has 2 aromatic heterocycles. The van der Waals surface area contributed by atoms with Crippen LogP contribution in [0.3, 0.4) is 0 Å². The van der Waals surface area contributed by atoms with Crippen LogP contribution in [0, 0.1) is 0 Å². The number of hydrogen-bond donors (Lipinski definition) is 0. The lowest BCUT2D eigenvalue weighted by molar-refractivity contribution is 1.18. The van der Waals surface area contributed by atoms with Gasteiger partial charge in [0.1, 0.15) is 0 Å². The van der Waals surface area contributed by atoms with Crippen LogP contribution in [-0.4, -0.2) is 9.97 Å². The molecule has 0 saturated carbocycles. The first kappa shape index (κ1) is 37.3. The van der Waals surface area contributed by atoms with Crippen LogP contribution in [0.15, 0.2) is 231 Å². The fourth-order valence-corrected chi connectivity index (χ4v) is 11.1. The summed E-state index contributed by atoms with van der Waals surface area (Å²) in [4.78, 5) is 10.3. The number of nitrogens with zero attached hydrogens (tertiary/aromatic N) is 2. The van der Waals surface area contributed by atoms with Gasteiger partial charge >= 0.3 is 0 Å². The maximum absolute atomic E-state index is 5.14. The SMILES string of the molecule is c1ccc(-c2nc(-c3ccc(-c4ccc5cc(-c6c7ccccc7c(-c7ccccc7)c7ccc8ccccc8c67)ccc5c4)cc3)cc(-c3ccc4c(c3)sc3ccccc34)n2)cc1. The minimum atomic E-state index is 0.717. The van der Waals surface area contributed by atoms with E-state index in [1.54, 1.807) is 0 Å². The van der Waals surface area contributed by atoms with Crippen LogP contribution in [0.4, 0.5) is 0 Å². The number of hydrogen-bond acceptors (Lipinski definition) is 3. The van der Waals surface area contributed by atoms with E-state index in [4.69, 9.17) is 9.97 Å². The van der Waals surface area contributed by atoms with Crippen LogP contribution in [0.2, 0.25) is 0 Å². The highest BCUT2D eigenvalue weighted by molar-refractivity contribution is 7.25. The maximum atomic E-state index is 5.14. The van der Waals surface area contributed by atoms with Crippen LogP contribution in [0.5, 0.6) is 0 Å². The second-order valence-electron chi connectivity index (χ2n) is 16.9. The van der Waals surface area contributed by atoms with Gasteiger partial charge in [0.05, 0.1) is 11.4 Å². The predicted molar refractivity (Wildman–Crippen MR) is 278 cm³/mol. The first-order valence-corrected chi connectivity index (χ1v) is 22.9. The first-order valence-electron chi connectivity index (χ1n) is 22.1. The molecule has 0 aliphatic carbocycles. The van der Waals surface area contributed by atoms with Crippen molar-refractivity contribution in [3.8, 4) is 67.3 Å². The molecule has 0 spiro atoms. The average molecular weight is 843 g/mol. The molecule has 13 aromatic rings. The van der Waals surface area contributed by atoms with E-state index < -0.39 is 0 Å². The van der Waals surface area contributed by atoms with Crippen molar-refractivity contribution in [1.82, 2.24) is 9.97 Å². The summed E-state index contributed by atoms with van der Waals surface area (Å²) < 4.78 is 2.56. The van der Waals surface area contributed by atoms with E-state index in [9.17, 15) is 0 Å². The zero-order valence-electron chi connectivity index (χ0n) is 35.2. The average Bonchev–Trinajstić information content (AvgIpc) is 3.76. The fourth-order valence-electron chi connectivity index (χ4n) is 9.92. The van der Waals surface area contributed by atoms with E-state index in [0.29, 0.717) is 5.82 Å². The molecule has 13 rings (SSSR count). The number of thiophene rings is 1. The van der Waals surface area contributed by atoms with E-state index in [1.807, 2.05) is 29.5 Å². The van der Waals surface area contributed by atoms with Gasteiger partial charge in [0, 0.05) is 36.9 Å². The Morgan fingerprint density at radius 1 is 0.262 bits per heavy atom. The second kappa shape index (κ2) is 15.2. The molecule has 0 amide bonds. The van der Waals surface area contributed by atoms with Crippen LogP contribution < -0.4 is 0 Å². The summed E-state index contributed by atoms with van der Waals surface area (Å²) in [6.07, 6.45) is 0. The van der Waals surface area contributed by atoms with Crippen molar-refractivity contribution in [3.63, 3.8) is 0 Å². The topological polar surface area (TPSA) is 25.8 Å². The molecular formula is C62H38N2S.